The first-order valence-electron chi connectivity index (χ1n) is 7.64. The number of hydrogen-bond acceptors (Lipinski definition) is 4. The molecule has 0 saturated carbocycles. The molecular formula is C17H20ClN3O2S. The summed E-state index contributed by atoms with van der Waals surface area (Å²) in [4.78, 5) is 29.1. The van der Waals surface area contributed by atoms with E-state index in [4.69, 9.17) is 11.6 Å². The van der Waals surface area contributed by atoms with Crippen LogP contribution >= 0.6 is 22.9 Å². The second-order valence-electron chi connectivity index (χ2n) is 5.95. The average Bonchev–Trinajstić information content (AvgIpc) is 2.91. The largest absolute Gasteiger partial charge is 0.340 e. The van der Waals surface area contributed by atoms with E-state index in [1.165, 1.54) is 11.3 Å². The fourth-order valence-electron chi connectivity index (χ4n) is 2.15. The van der Waals surface area contributed by atoms with Gasteiger partial charge in [0.05, 0.1) is 5.69 Å². The third kappa shape index (κ3) is 5.32. The van der Waals surface area contributed by atoms with Crippen LogP contribution in [0.15, 0.2) is 29.6 Å². The Morgan fingerprint density at radius 2 is 1.92 bits per heavy atom. The van der Waals surface area contributed by atoms with Crippen molar-refractivity contribution in [3.63, 3.8) is 0 Å². The van der Waals surface area contributed by atoms with Gasteiger partial charge in [-0.15, -0.1) is 11.3 Å². The number of benzene rings is 1. The minimum absolute atomic E-state index is 0.254. The Morgan fingerprint density at radius 3 is 2.46 bits per heavy atom. The molecule has 1 unspecified atom stereocenters. The Balaban J connectivity index is 2.07. The summed E-state index contributed by atoms with van der Waals surface area (Å²) in [6.45, 7) is 5.87. The lowest BCUT2D eigenvalue weighted by atomic mass is 10.0. The van der Waals surface area contributed by atoms with Crippen molar-refractivity contribution in [1.29, 1.82) is 0 Å². The van der Waals surface area contributed by atoms with Crippen molar-refractivity contribution in [2.45, 2.75) is 33.2 Å². The third-order valence-corrected chi connectivity index (χ3v) is 4.41. The van der Waals surface area contributed by atoms with Crippen molar-refractivity contribution in [3.05, 3.63) is 45.9 Å². The van der Waals surface area contributed by atoms with Crippen LogP contribution in [0.3, 0.4) is 0 Å². The summed E-state index contributed by atoms with van der Waals surface area (Å²) < 4.78 is 0. The molecule has 1 atom stereocenters. The summed E-state index contributed by atoms with van der Waals surface area (Å²) in [5.74, 6) is -0.313. The summed E-state index contributed by atoms with van der Waals surface area (Å²) in [5, 5.41) is 8.51. The van der Waals surface area contributed by atoms with Gasteiger partial charge in [0.2, 0.25) is 5.91 Å². The van der Waals surface area contributed by atoms with Crippen LogP contribution in [0.2, 0.25) is 5.02 Å². The molecule has 24 heavy (non-hydrogen) atoms. The van der Waals surface area contributed by atoms with Gasteiger partial charge in [0.1, 0.15) is 6.04 Å². The lowest BCUT2D eigenvalue weighted by Gasteiger charge is -2.19. The summed E-state index contributed by atoms with van der Waals surface area (Å²) >= 11 is 7.19. The van der Waals surface area contributed by atoms with Crippen molar-refractivity contribution in [1.82, 2.24) is 10.3 Å². The van der Waals surface area contributed by atoms with Crippen LogP contribution in [0, 0.1) is 12.8 Å². The van der Waals surface area contributed by atoms with Crippen molar-refractivity contribution in [2.24, 2.45) is 5.92 Å². The first-order chi connectivity index (χ1) is 11.3. The molecule has 2 amide bonds. The van der Waals surface area contributed by atoms with Gasteiger partial charge in [0.25, 0.3) is 5.91 Å². The second kappa shape index (κ2) is 8.26. The lowest BCUT2D eigenvalue weighted by molar-refractivity contribution is -0.118. The maximum absolute atomic E-state index is 12.5. The Kier molecular flexibility index (Phi) is 6.34. The zero-order valence-electron chi connectivity index (χ0n) is 13.8. The van der Waals surface area contributed by atoms with Gasteiger partial charge in [-0.3, -0.25) is 9.59 Å². The Morgan fingerprint density at radius 1 is 1.25 bits per heavy atom. The summed E-state index contributed by atoms with van der Waals surface area (Å²) in [6, 6.07) is 5.93. The first kappa shape index (κ1) is 18.4. The van der Waals surface area contributed by atoms with E-state index in [9.17, 15) is 9.59 Å². The lowest BCUT2D eigenvalue weighted by Crippen LogP contribution is -2.44. The number of aryl methyl sites for hydroxylation is 1. The summed E-state index contributed by atoms with van der Waals surface area (Å²) in [5.41, 5.74) is 1.31. The van der Waals surface area contributed by atoms with Crippen molar-refractivity contribution >= 4 is 39.9 Å². The number of aromatic nitrogens is 1. The maximum atomic E-state index is 12.5. The highest BCUT2D eigenvalue weighted by Crippen LogP contribution is 2.16. The summed E-state index contributed by atoms with van der Waals surface area (Å²) in [7, 11) is 0. The predicted molar refractivity (Wildman–Crippen MR) is 97.6 cm³/mol. The zero-order valence-corrected chi connectivity index (χ0v) is 15.4. The maximum Gasteiger partial charge on any atom is 0.251 e. The van der Waals surface area contributed by atoms with E-state index < -0.39 is 6.04 Å². The highest BCUT2D eigenvalue weighted by Gasteiger charge is 2.23. The van der Waals surface area contributed by atoms with Crippen LogP contribution in [-0.2, 0) is 4.79 Å². The molecule has 1 heterocycles. The zero-order chi connectivity index (χ0) is 17.7. The third-order valence-electron chi connectivity index (χ3n) is 3.28. The molecular weight excluding hydrogens is 346 g/mol. The normalized spacial score (nSPS) is 12.0. The van der Waals surface area contributed by atoms with Gasteiger partial charge in [0.15, 0.2) is 5.13 Å². The molecule has 0 fully saturated rings. The average molecular weight is 366 g/mol. The number of rotatable bonds is 6. The van der Waals surface area contributed by atoms with Gasteiger partial charge in [-0.05, 0) is 43.5 Å². The topological polar surface area (TPSA) is 71.1 Å². The molecule has 2 aromatic rings. The van der Waals surface area contributed by atoms with Gasteiger partial charge < -0.3 is 10.6 Å². The molecule has 7 heteroatoms. The van der Waals surface area contributed by atoms with Crippen molar-refractivity contribution in [2.75, 3.05) is 5.32 Å². The van der Waals surface area contributed by atoms with Crippen molar-refractivity contribution in [3.8, 4) is 0 Å². The number of anilines is 1. The van der Waals surface area contributed by atoms with Crippen LogP contribution in [0.25, 0.3) is 0 Å². The van der Waals surface area contributed by atoms with E-state index in [-0.39, 0.29) is 17.7 Å². The minimum Gasteiger partial charge on any atom is -0.340 e. The van der Waals surface area contributed by atoms with Crippen LogP contribution in [0.5, 0.6) is 0 Å². The van der Waals surface area contributed by atoms with Gasteiger partial charge in [0, 0.05) is 16.0 Å². The van der Waals surface area contributed by atoms with Crippen LogP contribution in [0.4, 0.5) is 5.13 Å². The number of carbonyl (C=O) groups is 2. The molecule has 0 radical (unpaired) electrons. The molecule has 2 N–H and O–H groups in total. The molecule has 2 rings (SSSR count). The number of carbonyl (C=O) groups excluding carboxylic acids is 2. The predicted octanol–water partition coefficient (Wildman–Crippen LogP) is 3.89. The molecule has 1 aromatic carbocycles. The second-order valence-corrected chi connectivity index (χ2v) is 7.24. The monoisotopic (exact) mass is 365 g/mol. The number of amides is 2. The van der Waals surface area contributed by atoms with E-state index >= 15 is 0 Å². The molecule has 0 bridgehead atoms. The van der Waals surface area contributed by atoms with E-state index in [1.54, 1.807) is 24.3 Å². The first-order valence-corrected chi connectivity index (χ1v) is 8.90. The molecule has 0 saturated heterocycles. The van der Waals surface area contributed by atoms with E-state index in [0.29, 0.717) is 22.1 Å². The molecule has 0 aliphatic heterocycles. The van der Waals surface area contributed by atoms with E-state index in [0.717, 1.165) is 5.69 Å². The number of thiazole rings is 1. The minimum atomic E-state index is -0.627. The van der Waals surface area contributed by atoms with Crippen molar-refractivity contribution < 1.29 is 9.59 Å². The van der Waals surface area contributed by atoms with Crippen LogP contribution in [0.1, 0.15) is 36.3 Å². The molecule has 0 spiro atoms. The highest BCUT2D eigenvalue weighted by molar-refractivity contribution is 7.13. The molecule has 0 aliphatic carbocycles. The Hall–Kier alpha value is -1.92. The Labute approximate surface area is 150 Å². The van der Waals surface area contributed by atoms with Gasteiger partial charge in [-0.2, -0.15) is 0 Å². The van der Waals surface area contributed by atoms with Gasteiger partial charge in [-0.1, -0.05) is 25.4 Å². The van der Waals surface area contributed by atoms with Crippen LogP contribution in [-0.4, -0.2) is 22.8 Å². The number of hydrogen-bond donors (Lipinski definition) is 2. The number of halogens is 1. The quantitative estimate of drug-likeness (QED) is 0.815. The smallest absolute Gasteiger partial charge is 0.251 e. The van der Waals surface area contributed by atoms with E-state index in [2.05, 4.69) is 15.6 Å². The Bertz CT molecular complexity index is 713. The fourth-order valence-corrected chi connectivity index (χ4v) is 2.97. The summed E-state index contributed by atoms with van der Waals surface area (Å²) in [6.07, 6.45) is 0.537. The standard InChI is InChI=1S/C17H20ClN3O2S/c1-10(2)8-14(16(23)21-17-19-11(3)9-24-17)20-15(22)12-4-6-13(18)7-5-12/h4-7,9-10,14H,8H2,1-3H3,(H,20,22)(H,19,21,23). The van der Waals surface area contributed by atoms with Gasteiger partial charge >= 0.3 is 0 Å². The highest BCUT2D eigenvalue weighted by atomic mass is 35.5. The van der Waals surface area contributed by atoms with Crippen LogP contribution < -0.4 is 10.6 Å². The molecule has 1 aromatic heterocycles. The number of nitrogens with zero attached hydrogens (tertiary/aromatic N) is 1. The molecule has 5 nitrogen and oxygen atoms in total. The SMILES string of the molecule is Cc1csc(NC(=O)C(CC(C)C)NC(=O)c2ccc(Cl)cc2)n1. The number of nitrogens with one attached hydrogen (secondary N) is 2. The fraction of sp³-hybridized carbons (Fsp3) is 0.353. The van der Waals surface area contributed by atoms with E-state index in [1.807, 2.05) is 26.2 Å². The molecule has 128 valence electrons. The molecule has 0 aliphatic rings. The van der Waals surface area contributed by atoms with Gasteiger partial charge in [-0.25, -0.2) is 4.98 Å².